The zero-order chi connectivity index (χ0) is 15.4. The number of ether oxygens (including phenoxy) is 1. The number of benzene rings is 1. The van der Waals surface area contributed by atoms with Gasteiger partial charge < -0.3 is 14.9 Å². The molecule has 1 aromatic carbocycles. The Morgan fingerprint density at radius 1 is 1.24 bits per heavy atom. The molecule has 0 bridgehead atoms. The molecule has 2 rings (SSSR count). The number of cyclic esters (lactones) is 1. The van der Waals surface area contributed by atoms with E-state index in [1.807, 2.05) is 6.92 Å². The number of carbonyl (C=O) groups excluding carboxylic acids is 2. The molecule has 0 saturated heterocycles. The first kappa shape index (κ1) is 15.1. The van der Waals surface area contributed by atoms with Crippen LogP contribution < -0.4 is 0 Å². The van der Waals surface area contributed by atoms with Crippen molar-refractivity contribution in [2.45, 2.75) is 38.7 Å². The quantitative estimate of drug-likeness (QED) is 0.717. The average Bonchev–Trinajstić information content (AvgIpc) is 2.35. The minimum absolute atomic E-state index is 0.0363. The summed E-state index contributed by atoms with van der Waals surface area (Å²) in [6.45, 7) is 1.82. The van der Waals surface area contributed by atoms with Crippen LogP contribution in [0.1, 0.15) is 42.1 Å². The van der Waals surface area contributed by atoms with Crippen LogP contribution >= 0.6 is 0 Å². The molecule has 0 fully saturated rings. The van der Waals surface area contributed by atoms with Crippen LogP contribution in [0, 0.1) is 0 Å². The van der Waals surface area contributed by atoms with Crippen LogP contribution in [0.2, 0.25) is 0 Å². The van der Waals surface area contributed by atoms with Gasteiger partial charge in [-0.25, -0.2) is 0 Å². The molecule has 0 aromatic heterocycles. The lowest BCUT2D eigenvalue weighted by molar-refractivity contribution is -0.147. The summed E-state index contributed by atoms with van der Waals surface area (Å²) in [6, 6.07) is 2.39. The highest BCUT2D eigenvalue weighted by Crippen LogP contribution is 2.29. The van der Waals surface area contributed by atoms with Crippen molar-refractivity contribution in [3.05, 3.63) is 35.4 Å². The van der Waals surface area contributed by atoms with E-state index in [-0.39, 0.29) is 40.9 Å². The second kappa shape index (κ2) is 6.43. The number of carbonyl (C=O) groups is 2. The van der Waals surface area contributed by atoms with E-state index in [4.69, 9.17) is 4.74 Å². The van der Waals surface area contributed by atoms with Crippen molar-refractivity contribution >= 4 is 11.8 Å². The van der Waals surface area contributed by atoms with E-state index in [2.05, 4.69) is 0 Å². The van der Waals surface area contributed by atoms with Gasteiger partial charge in [0.1, 0.15) is 11.5 Å². The second-order valence-electron chi connectivity index (χ2n) is 5.17. The van der Waals surface area contributed by atoms with E-state index in [0.717, 1.165) is 18.9 Å². The minimum atomic E-state index is -0.480. The Hall–Kier alpha value is -2.30. The number of ketones is 1. The zero-order valence-corrected chi connectivity index (χ0v) is 11.8. The van der Waals surface area contributed by atoms with Gasteiger partial charge in [-0.15, -0.1) is 0 Å². The number of hydrogen-bond donors (Lipinski definition) is 2. The van der Waals surface area contributed by atoms with Gasteiger partial charge >= 0.3 is 5.97 Å². The Bertz CT molecular complexity index is 589. The van der Waals surface area contributed by atoms with Crippen LogP contribution in [-0.2, 0) is 16.0 Å². The number of hydrogen-bond acceptors (Lipinski definition) is 5. The first-order valence-corrected chi connectivity index (χ1v) is 6.92. The topological polar surface area (TPSA) is 83.8 Å². The number of phenols is 2. The lowest BCUT2D eigenvalue weighted by atomic mass is 9.98. The van der Waals surface area contributed by atoms with E-state index < -0.39 is 5.97 Å². The van der Waals surface area contributed by atoms with Crippen molar-refractivity contribution in [3.8, 4) is 11.5 Å². The van der Waals surface area contributed by atoms with Crippen LogP contribution in [0.25, 0.3) is 0 Å². The first-order valence-electron chi connectivity index (χ1n) is 6.92. The number of esters is 1. The maximum absolute atomic E-state index is 12.1. The fourth-order valence-electron chi connectivity index (χ4n) is 2.37. The molecule has 1 atom stereocenters. The van der Waals surface area contributed by atoms with Crippen LogP contribution in [0.15, 0.2) is 24.3 Å². The third kappa shape index (κ3) is 3.84. The summed E-state index contributed by atoms with van der Waals surface area (Å²) in [5.41, 5.74) is 0.300. The summed E-state index contributed by atoms with van der Waals surface area (Å²) in [5.74, 6) is -1.40. The number of phenolic OH excluding ortho intramolecular Hbond substituents is 2. The molecule has 0 aliphatic carbocycles. The Morgan fingerprint density at radius 2 is 2.00 bits per heavy atom. The van der Waals surface area contributed by atoms with Gasteiger partial charge in [0, 0.05) is 6.07 Å². The van der Waals surface area contributed by atoms with Gasteiger partial charge in [-0.3, -0.25) is 9.59 Å². The maximum atomic E-state index is 12.1. The fourth-order valence-corrected chi connectivity index (χ4v) is 2.37. The summed E-state index contributed by atoms with van der Waals surface area (Å²) in [6.07, 6.45) is 5.01. The fraction of sp³-hybridized carbons (Fsp3) is 0.375. The molecule has 2 N–H and O–H groups in total. The summed E-state index contributed by atoms with van der Waals surface area (Å²) in [5, 5.41) is 19.4. The molecule has 1 aromatic rings. The Balaban J connectivity index is 2.43. The second-order valence-corrected chi connectivity index (χ2v) is 5.17. The predicted molar refractivity (Wildman–Crippen MR) is 76.4 cm³/mol. The third-order valence-electron chi connectivity index (χ3n) is 3.35. The molecule has 112 valence electrons. The van der Waals surface area contributed by atoms with E-state index in [0.29, 0.717) is 6.42 Å². The summed E-state index contributed by atoms with van der Waals surface area (Å²) < 4.78 is 5.26. The molecule has 5 nitrogen and oxygen atoms in total. The van der Waals surface area contributed by atoms with Crippen molar-refractivity contribution in [3.63, 3.8) is 0 Å². The highest BCUT2D eigenvalue weighted by molar-refractivity contribution is 6.08. The molecule has 0 amide bonds. The van der Waals surface area contributed by atoms with Gasteiger partial charge in [0.05, 0.1) is 18.1 Å². The van der Waals surface area contributed by atoms with Gasteiger partial charge in [-0.05, 0) is 43.9 Å². The van der Waals surface area contributed by atoms with Crippen molar-refractivity contribution < 1.29 is 24.5 Å². The van der Waals surface area contributed by atoms with Crippen LogP contribution in [0.4, 0.5) is 0 Å². The van der Waals surface area contributed by atoms with Crippen LogP contribution in [0.3, 0.4) is 0 Å². The molecule has 5 heteroatoms. The van der Waals surface area contributed by atoms with Crippen molar-refractivity contribution in [2.75, 3.05) is 0 Å². The average molecular weight is 290 g/mol. The zero-order valence-electron chi connectivity index (χ0n) is 11.8. The molecule has 1 aliphatic heterocycles. The number of rotatable bonds is 0. The molecule has 0 unspecified atom stereocenters. The standard InChI is InChI=1S/C16H18O5/c1-10-5-3-2-4-6-13(18)16-11(8-15(20)21-10)7-12(17)9-14(16)19/h4,6-7,9-10,17,19H,2-3,5,8H2,1H3/b6-4+/t10-/m1/s1. The summed E-state index contributed by atoms with van der Waals surface area (Å²) in [4.78, 5) is 24.0. The SMILES string of the molecule is C[C@@H]1CCC/C=C/C(=O)c2c(O)cc(O)cc2CC(=O)O1. The highest BCUT2D eigenvalue weighted by atomic mass is 16.5. The van der Waals surface area contributed by atoms with E-state index in [9.17, 15) is 19.8 Å². The Kier molecular flexibility index (Phi) is 4.62. The van der Waals surface area contributed by atoms with Crippen molar-refractivity contribution in [2.24, 2.45) is 0 Å². The highest BCUT2D eigenvalue weighted by Gasteiger charge is 2.20. The molecule has 0 saturated carbocycles. The lowest BCUT2D eigenvalue weighted by Crippen LogP contribution is -2.18. The normalized spacial score (nSPS) is 21.7. The molecular weight excluding hydrogens is 272 g/mol. The molecule has 1 heterocycles. The lowest BCUT2D eigenvalue weighted by Gasteiger charge is -2.15. The molecular formula is C16H18O5. The maximum Gasteiger partial charge on any atom is 0.310 e. The van der Waals surface area contributed by atoms with Crippen LogP contribution in [0.5, 0.6) is 11.5 Å². The van der Waals surface area contributed by atoms with Gasteiger partial charge in [-0.2, -0.15) is 0 Å². The van der Waals surface area contributed by atoms with Crippen molar-refractivity contribution in [1.82, 2.24) is 0 Å². The Labute approximate surface area is 122 Å². The van der Waals surface area contributed by atoms with Crippen molar-refractivity contribution in [1.29, 1.82) is 0 Å². The predicted octanol–water partition coefficient (Wildman–Crippen LogP) is 2.49. The molecule has 0 radical (unpaired) electrons. The van der Waals surface area contributed by atoms with Gasteiger partial charge in [0.2, 0.25) is 0 Å². The van der Waals surface area contributed by atoms with Gasteiger partial charge in [0.25, 0.3) is 0 Å². The Morgan fingerprint density at radius 3 is 2.76 bits per heavy atom. The largest absolute Gasteiger partial charge is 0.508 e. The third-order valence-corrected chi connectivity index (χ3v) is 3.35. The van der Waals surface area contributed by atoms with E-state index in [1.54, 1.807) is 6.08 Å². The van der Waals surface area contributed by atoms with Gasteiger partial charge in [-0.1, -0.05) is 6.08 Å². The smallest absolute Gasteiger partial charge is 0.310 e. The number of aromatic hydroxyl groups is 2. The molecule has 21 heavy (non-hydrogen) atoms. The van der Waals surface area contributed by atoms with Gasteiger partial charge in [0.15, 0.2) is 5.78 Å². The van der Waals surface area contributed by atoms with Crippen LogP contribution in [-0.4, -0.2) is 28.1 Å². The molecule has 0 spiro atoms. The van der Waals surface area contributed by atoms with E-state index in [1.165, 1.54) is 12.1 Å². The molecule has 1 aliphatic rings. The monoisotopic (exact) mass is 290 g/mol. The minimum Gasteiger partial charge on any atom is -0.508 e. The first-order chi connectivity index (χ1) is 9.97. The summed E-state index contributed by atoms with van der Waals surface area (Å²) >= 11 is 0. The number of fused-ring (bicyclic) bond motifs is 1. The number of allylic oxidation sites excluding steroid dienone is 2. The summed E-state index contributed by atoms with van der Waals surface area (Å²) in [7, 11) is 0. The van der Waals surface area contributed by atoms with E-state index >= 15 is 0 Å².